The van der Waals surface area contributed by atoms with Crippen molar-refractivity contribution in [1.82, 2.24) is 0 Å². The molecule has 0 radical (unpaired) electrons. The minimum Gasteiger partial charge on any atom is -0.462 e. The minimum atomic E-state index is -0.795. The molecule has 0 fully saturated rings. The van der Waals surface area contributed by atoms with Crippen molar-refractivity contribution in [1.29, 1.82) is 0 Å². The number of esters is 3. The molecular weight excluding hydrogens is 865 g/mol. The Morgan fingerprint density at radius 3 is 0.900 bits per heavy atom. The molecule has 0 saturated carbocycles. The van der Waals surface area contributed by atoms with Crippen molar-refractivity contribution < 1.29 is 28.6 Å². The van der Waals surface area contributed by atoms with Gasteiger partial charge in [-0.3, -0.25) is 14.4 Å². The van der Waals surface area contributed by atoms with Crippen LogP contribution in [0.25, 0.3) is 0 Å². The smallest absolute Gasteiger partial charge is 0.306 e. The lowest BCUT2D eigenvalue weighted by molar-refractivity contribution is -0.167. The highest BCUT2D eigenvalue weighted by Crippen LogP contribution is 2.14. The van der Waals surface area contributed by atoms with Crippen LogP contribution < -0.4 is 0 Å². The fraction of sp³-hybridized carbons (Fsp3) is 0.641. The van der Waals surface area contributed by atoms with Gasteiger partial charge in [0.1, 0.15) is 13.2 Å². The van der Waals surface area contributed by atoms with Gasteiger partial charge in [0, 0.05) is 19.3 Å². The van der Waals surface area contributed by atoms with Crippen molar-refractivity contribution >= 4 is 17.9 Å². The molecule has 0 aromatic rings. The van der Waals surface area contributed by atoms with E-state index in [0.717, 1.165) is 161 Å². The van der Waals surface area contributed by atoms with E-state index in [1.165, 1.54) is 44.9 Å². The Labute approximate surface area is 431 Å². The lowest BCUT2D eigenvalue weighted by Crippen LogP contribution is -2.30. The first kappa shape index (κ1) is 65.8. The van der Waals surface area contributed by atoms with E-state index in [-0.39, 0.29) is 31.1 Å². The second kappa shape index (κ2) is 57.4. The van der Waals surface area contributed by atoms with E-state index < -0.39 is 6.10 Å². The Morgan fingerprint density at radius 1 is 0.300 bits per heavy atom. The highest BCUT2D eigenvalue weighted by molar-refractivity contribution is 5.71. The molecule has 396 valence electrons. The Hall–Kier alpha value is -4.19. The van der Waals surface area contributed by atoms with Crippen molar-refractivity contribution in [3.05, 3.63) is 122 Å². The second-order valence-electron chi connectivity index (χ2n) is 18.5. The summed E-state index contributed by atoms with van der Waals surface area (Å²) in [5.74, 6) is -0.935. The molecule has 0 aliphatic rings. The summed E-state index contributed by atoms with van der Waals surface area (Å²) in [5.41, 5.74) is 0. The summed E-state index contributed by atoms with van der Waals surface area (Å²) >= 11 is 0. The fourth-order valence-corrected chi connectivity index (χ4v) is 7.40. The maximum absolute atomic E-state index is 12.8. The first-order valence-electron chi connectivity index (χ1n) is 28.5. The lowest BCUT2D eigenvalue weighted by Gasteiger charge is -2.18. The van der Waals surface area contributed by atoms with Gasteiger partial charge in [0.15, 0.2) is 6.10 Å². The third-order valence-electron chi connectivity index (χ3n) is 11.6. The topological polar surface area (TPSA) is 78.9 Å². The monoisotopic (exact) mass is 969 g/mol. The molecule has 0 aliphatic carbocycles. The van der Waals surface area contributed by atoms with E-state index in [1.54, 1.807) is 0 Å². The van der Waals surface area contributed by atoms with Crippen LogP contribution in [0, 0.1) is 0 Å². The summed E-state index contributed by atoms with van der Waals surface area (Å²) < 4.78 is 16.8. The van der Waals surface area contributed by atoms with Gasteiger partial charge in [0.25, 0.3) is 0 Å². The summed E-state index contributed by atoms with van der Waals surface area (Å²) in [5, 5.41) is 0. The number of carbonyl (C=O) groups excluding carboxylic acids is 3. The number of ether oxygens (including phenoxy) is 3. The van der Waals surface area contributed by atoms with Crippen molar-refractivity contribution in [3.63, 3.8) is 0 Å². The van der Waals surface area contributed by atoms with Crippen LogP contribution in [0.3, 0.4) is 0 Å². The van der Waals surface area contributed by atoms with Gasteiger partial charge in [-0.05, 0) is 122 Å². The zero-order valence-corrected chi connectivity index (χ0v) is 45.2. The summed E-state index contributed by atoms with van der Waals surface area (Å²) in [4.78, 5) is 38.0. The largest absolute Gasteiger partial charge is 0.462 e. The van der Waals surface area contributed by atoms with Crippen LogP contribution in [0.4, 0.5) is 0 Å². The van der Waals surface area contributed by atoms with Crippen LogP contribution in [-0.4, -0.2) is 37.2 Å². The van der Waals surface area contributed by atoms with Crippen LogP contribution in [0.5, 0.6) is 0 Å². The van der Waals surface area contributed by atoms with Gasteiger partial charge in [-0.2, -0.15) is 0 Å². The van der Waals surface area contributed by atoms with Gasteiger partial charge in [0.05, 0.1) is 0 Å². The third-order valence-corrected chi connectivity index (χ3v) is 11.6. The Morgan fingerprint density at radius 2 is 0.557 bits per heavy atom. The average Bonchev–Trinajstić information content (AvgIpc) is 3.36. The molecule has 1 atom stereocenters. The molecule has 0 aliphatic heterocycles. The van der Waals surface area contributed by atoms with Crippen molar-refractivity contribution in [2.75, 3.05) is 13.2 Å². The Bertz CT molecular complexity index is 1490. The first-order valence-corrected chi connectivity index (χ1v) is 28.5. The maximum atomic E-state index is 12.8. The van der Waals surface area contributed by atoms with Crippen molar-refractivity contribution in [2.45, 2.75) is 252 Å². The van der Waals surface area contributed by atoms with Gasteiger partial charge in [-0.1, -0.05) is 226 Å². The number of hydrogen-bond acceptors (Lipinski definition) is 6. The molecule has 0 N–H and O–H groups in total. The summed E-state index contributed by atoms with van der Waals surface area (Å²) in [6.45, 7) is 6.36. The van der Waals surface area contributed by atoms with Crippen molar-refractivity contribution in [2.24, 2.45) is 0 Å². The normalized spacial score (nSPS) is 13.0. The molecule has 0 heterocycles. The molecule has 0 amide bonds. The van der Waals surface area contributed by atoms with Crippen LogP contribution in [0.15, 0.2) is 122 Å². The van der Waals surface area contributed by atoms with Crippen LogP contribution >= 0.6 is 0 Å². The summed E-state index contributed by atoms with van der Waals surface area (Å²) in [6, 6.07) is 0. The van der Waals surface area contributed by atoms with E-state index in [4.69, 9.17) is 14.2 Å². The number of hydrogen-bond donors (Lipinski definition) is 0. The molecule has 1 unspecified atom stereocenters. The third kappa shape index (κ3) is 54.7. The Kier molecular flexibility index (Phi) is 54.0. The predicted molar refractivity (Wildman–Crippen MR) is 302 cm³/mol. The van der Waals surface area contributed by atoms with Gasteiger partial charge < -0.3 is 14.2 Å². The molecule has 0 saturated heterocycles. The fourth-order valence-electron chi connectivity index (χ4n) is 7.40. The molecule has 0 bridgehead atoms. The summed E-state index contributed by atoms with van der Waals surface area (Å²) in [7, 11) is 0. The van der Waals surface area contributed by atoms with Gasteiger partial charge in [0.2, 0.25) is 0 Å². The molecule has 0 aromatic carbocycles. The Balaban J connectivity index is 4.27. The van der Waals surface area contributed by atoms with Crippen molar-refractivity contribution in [3.8, 4) is 0 Å². The second-order valence-corrected chi connectivity index (χ2v) is 18.5. The zero-order chi connectivity index (χ0) is 50.7. The highest BCUT2D eigenvalue weighted by Gasteiger charge is 2.19. The number of rotatable bonds is 50. The SMILES string of the molecule is CC/C=C\C/C=C\C/C=C\C/C=C\C/C=C\C/C=C\C/C=C\CCCCCCCCCC(=O)OCC(COC(=O)CCCCCCC/C=C\CCC)OC(=O)CCCCCCC/C=C\C/C=C\CCC. The number of unbranched alkanes of at least 4 members (excludes halogenated alkanes) is 19. The maximum Gasteiger partial charge on any atom is 0.306 e. The lowest BCUT2D eigenvalue weighted by atomic mass is 10.1. The van der Waals surface area contributed by atoms with Gasteiger partial charge in [-0.25, -0.2) is 0 Å². The number of allylic oxidation sites excluding steroid dienone is 20. The molecule has 0 rings (SSSR count). The number of carbonyl (C=O) groups is 3. The van der Waals surface area contributed by atoms with Crippen LogP contribution in [0.2, 0.25) is 0 Å². The predicted octanol–water partition coefficient (Wildman–Crippen LogP) is 19.3. The standard InChI is InChI=1S/C64H104O6/c1-4-7-10-13-16-19-22-24-25-26-27-28-29-30-31-32-33-34-35-36-37-38-39-41-42-45-48-51-54-57-63(66)69-60-61(59-68-62(65)56-53-50-47-44-21-18-15-12-9-6-3)70-64(67)58-55-52-49-46-43-40-23-20-17-14-11-8-5-2/h7,10-12,14-16,19-20,23-25,27-28,30-31,33-34,36-37,61H,4-6,8-9,13,17-18,21-22,26,29,32,35,38-60H2,1-3H3/b10-7-,14-11-,15-12-,19-16-,23-20-,25-24-,28-27-,31-30-,34-33-,37-36-. The van der Waals surface area contributed by atoms with Gasteiger partial charge in [-0.15, -0.1) is 0 Å². The quantitative estimate of drug-likeness (QED) is 0.0262. The first-order chi connectivity index (χ1) is 34.5. The van der Waals surface area contributed by atoms with Crippen LogP contribution in [0.1, 0.15) is 245 Å². The van der Waals surface area contributed by atoms with Crippen LogP contribution in [-0.2, 0) is 28.6 Å². The van der Waals surface area contributed by atoms with E-state index in [0.29, 0.717) is 19.3 Å². The highest BCUT2D eigenvalue weighted by atomic mass is 16.6. The minimum absolute atomic E-state index is 0.0941. The molecule has 0 spiro atoms. The van der Waals surface area contributed by atoms with E-state index in [2.05, 4.69) is 142 Å². The molecule has 0 aromatic heterocycles. The summed E-state index contributed by atoms with van der Waals surface area (Å²) in [6.07, 6.45) is 79.1. The van der Waals surface area contributed by atoms with E-state index in [1.807, 2.05) is 0 Å². The zero-order valence-electron chi connectivity index (χ0n) is 45.2. The molecule has 6 heteroatoms. The van der Waals surface area contributed by atoms with E-state index in [9.17, 15) is 14.4 Å². The molecule has 70 heavy (non-hydrogen) atoms. The van der Waals surface area contributed by atoms with E-state index >= 15 is 0 Å². The average molecular weight is 970 g/mol. The molecular formula is C64H104O6. The van der Waals surface area contributed by atoms with Gasteiger partial charge >= 0.3 is 17.9 Å². The molecule has 6 nitrogen and oxygen atoms in total.